The molecule has 0 saturated carbocycles. The number of hydrogen-bond acceptors (Lipinski definition) is 5. The molecule has 1 atom stereocenters. The van der Waals surface area contributed by atoms with Crippen molar-refractivity contribution in [2.24, 2.45) is 5.92 Å². The summed E-state index contributed by atoms with van der Waals surface area (Å²) in [5, 5.41) is 0. The van der Waals surface area contributed by atoms with Gasteiger partial charge in [-0.25, -0.2) is 9.97 Å². The van der Waals surface area contributed by atoms with E-state index in [1.807, 2.05) is 30.3 Å². The first-order valence-electron chi connectivity index (χ1n) is 8.83. The molecule has 1 aliphatic heterocycles. The summed E-state index contributed by atoms with van der Waals surface area (Å²) in [6, 6.07) is 9.46. The van der Waals surface area contributed by atoms with Gasteiger partial charge in [-0.15, -0.1) is 0 Å². The van der Waals surface area contributed by atoms with Crippen molar-refractivity contribution in [1.29, 1.82) is 0 Å². The Balaban J connectivity index is 1.76. The van der Waals surface area contributed by atoms with Gasteiger partial charge in [-0.1, -0.05) is 26.0 Å². The Hall–Kier alpha value is -2.43. The molecule has 132 valence electrons. The number of anilines is 1. The van der Waals surface area contributed by atoms with Crippen LogP contribution in [0.4, 0.5) is 5.82 Å². The van der Waals surface area contributed by atoms with E-state index in [2.05, 4.69) is 28.7 Å². The van der Waals surface area contributed by atoms with Gasteiger partial charge in [0.15, 0.2) is 5.78 Å². The van der Waals surface area contributed by atoms with E-state index >= 15 is 0 Å². The molecule has 0 aliphatic carbocycles. The Bertz CT molecular complexity index is 745. The number of Topliss-reactive ketones (excluding diaryl/α,β-unsaturated/α-hetero) is 1. The molecule has 1 aromatic heterocycles. The highest BCUT2D eigenvalue weighted by Gasteiger charge is 2.27. The van der Waals surface area contributed by atoms with Crippen molar-refractivity contribution in [1.82, 2.24) is 9.97 Å². The van der Waals surface area contributed by atoms with E-state index in [-0.39, 0.29) is 11.7 Å². The first-order chi connectivity index (χ1) is 12.1. The van der Waals surface area contributed by atoms with Crippen LogP contribution >= 0.6 is 0 Å². The van der Waals surface area contributed by atoms with Crippen molar-refractivity contribution in [3.05, 3.63) is 47.9 Å². The number of hydrogen-bond donors (Lipinski definition) is 0. The summed E-state index contributed by atoms with van der Waals surface area (Å²) in [5.41, 5.74) is 1.75. The van der Waals surface area contributed by atoms with E-state index < -0.39 is 0 Å². The van der Waals surface area contributed by atoms with Crippen molar-refractivity contribution in [3.63, 3.8) is 0 Å². The Morgan fingerprint density at radius 3 is 2.88 bits per heavy atom. The fourth-order valence-electron chi connectivity index (χ4n) is 3.26. The first kappa shape index (κ1) is 17.4. The minimum atomic E-state index is -0.0154. The molecule has 1 aliphatic rings. The standard InChI is InChI=1S/C20H25N3O2/c1-14(2)18-11-19(22-13-21-18)23-9-5-7-16(12-23)20(24)15-6-4-8-17(10-15)25-3/h4,6,8,10-11,13-14,16H,5,7,9,12H2,1-3H3/t16-/m0/s1. The lowest BCUT2D eigenvalue weighted by molar-refractivity contribution is 0.0906. The van der Waals surface area contributed by atoms with Gasteiger partial charge in [0.25, 0.3) is 0 Å². The van der Waals surface area contributed by atoms with Crippen molar-refractivity contribution >= 4 is 11.6 Å². The van der Waals surface area contributed by atoms with Gasteiger partial charge in [0.1, 0.15) is 17.9 Å². The summed E-state index contributed by atoms with van der Waals surface area (Å²) in [6.45, 7) is 5.87. The largest absolute Gasteiger partial charge is 0.497 e. The fourth-order valence-corrected chi connectivity index (χ4v) is 3.26. The summed E-state index contributed by atoms with van der Waals surface area (Å²) >= 11 is 0. The van der Waals surface area contributed by atoms with E-state index in [1.54, 1.807) is 13.4 Å². The van der Waals surface area contributed by atoms with Crippen LogP contribution in [0.5, 0.6) is 5.75 Å². The molecular weight excluding hydrogens is 314 g/mol. The second kappa shape index (κ2) is 7.64. The molecular formula is C20H25N3O2. The average molecular weight is 339 g/mol. The van der Waals surface area contributed by atoms with Gasteiger partial charge in [-0.05, 0) is 30.9 Å². The number of ether oxygens (including phenoxy) is 1. The molecule has 2 aromatic rings. The Morgan fingerprint density at radius 1 is 1.28 bits per heavy atom. The van der Waals surface area contributed by atoms with Crippen LogP contribution in [0.3, 0.4) is 0 Å². The lowest BCUT2D eigenvalue weighted by Gasteiger charge is -2.33. The molecule has 0 amide bonds. The highest BCUT2D eigenvalue weighted by atomic mass is 16.5. The van der Waals surface area contributed by atoms with E-state index in [0.717, 1.165) is 42.2 Å². The zero-order valence-corrected chi connectivity index (χ0v) is 15.1. The fraction of sp³-hybridized carbons (Fsp3) is 0.450. The molecule has 1 aromatic carbocycles. The van der Waals surface area contributed by atoms with Crippen LogP contribution in [-0.2, 0) is 0 Å². The van der Waals surface area contributed by atoms with Crippen molar-refractivity contribution < 1.29 is 9.53 Å². The molecule has 1 saturated heterocycles. The first-order valence-corrected chi connectivity index (χ1v) is 8.83. The van der Waals surface area contributed by atoms with Crippen molar-refractivity contribution in [2.75, 3.05) is 25.1 Å². The predicted octanol–water partition coefficient (Wildman–Crippen LogP) is 3.71. The third-order valence-corrected chi connectivity index (χ3v) is 4.74. The van der Waals surface area contributed by atoms with Crippen LogP contribution in [0.15, 0.2) is 36.7 Å². The van der Waals surface area contributed by atoms with Crippen LogP contribution in [-0.4, -0.2) is 36.0 Å². The number of piperidine rings is 1. The number of aromatic nitrogens is 2. The predicted molar refractivity (Wildman–Crippen MR) is 98.4 cm³/mol. The number of carbonyl (C=O) groups excluding carboxylic acids is 1. The van der Waals surface area contributed by atoms with Gasteiger partial charge in [0, 0.05) is 36.3 Å². The third-order valence-electron chi connectivity index (χ3n) is 4.74. The molecule has 3 rings (SSSR count). The SMILES string of the molecule is COc1cccc(C(=O)[C@H]2CCCN(c3cc(C(C)C)ncn3)C2)c1. The number of rotatable bonds is 5. The maximum Gasteiger partial charge on any atom is 0.167 e. The van der Waals surface area contributed by atoms with Gasteiger partial charge in [0.2, 0.25) is 0 Å². The van der Waals surface area contributed by atoms with E-state index in [0.29, 0.717) is 12.5 Å². The summed E-state index contributed by atoms with van der Waals surface area (Å²) in [7, 11) is 1.62. The Labute approximate surface area is 149 Å². The van der Waals surface area contributed by atoms with Crippen molar-refractivity contribution in [2.45, 2.75) is 32.6 Å². The molecule has 1 fully saturated rings. The van der Waals surface area contributed by atoms with Crippen LogP contribution in [0.25, 0.3) is 0 Å². The van der Waals surface area contributed by atoms with Crippen LogP contribution < -0.4 is 9.64 Å². The number of carbonyl (C=O) groups is 1. The van der Waals surface area contributed by atoms with E-state index in [9.17, 15) is 4.79 Å². The highest BCUT2D eigenvalue weighted by Crippen LogP contribution is 2.26. The van der Waals surface area contributed by atoms with Crippen molar-refractivity contribution in [3.8, 4) is 5.75 Å². The molecule has 0 N–H and O–H groups in total. The van der Waals surface area contributed by atoms with Gasteiger partial charge in [-0.2, -0.15) is 0 Å². The van der Waals surface area contributed by atoms with E-state index in [4.69, 9.17) is 4.74 Å². The molecule has 5 nitrogen and oxygen atoms in total. The second-order valence-corrected chi connectivity index (χ2v) is 6.84. The molecule has 0 spiro atoms. The highest BCUT2D eigenvalue weighted by molar-refractivity contribution is 5.98. The Morgan fingerprint density at radius 2 is 2.12 bits per heavy atom. The summed E-state index contributed by atoms with van der Waals surface area (Å²) in [5.74, 6) is 2.17. The number of methoxy groups -OCH3 is 1. The molecule has 5 heteroatoms. The quantitative estimate of drug-likeness (QED) is 0.777. The monoisotopic (exact) mass is 339 g/mol. The Kier molecular flexibility index (Phi) is 5.31. The number of nitrogens with zero attached hydrogens (tertiary/aromatic N) is 3. The van der Waals surface area contributed by atoms with Crippen LogP contribution in [0.1, 0.15) is 48.7 Å². The number of benzene rings is 1. The molecule has 25 heavy (non-hydrogen) atoms. The summed E-state index contributed by atoms with van der Waals surface area (Å²) < 4.78 is 5.24. The molecule has 2 heterocycles. The maximum atomic E-state index is 12.9. The van der Waals surface area contributed by atoms with Gasteiger partial charge in [0.05, 0.1) is 7.11 Å². The second-order valence-electron chi connectivity index (χ2n) is 6.84. The van der Waals surface area contributed by atoms with Crippen LogP contribution in [0.2, 0.25) is 0 Å². The zero-order chi connectivity index (χ0) is 17.8. The normalized spacial score (nSPS) is 17.6. The third kappa shape index (κ3) is 3.98. The maximum absolute atomic E-state index is 12.9. The number of ketones is 1. The minimum Gasteiger partial charge on any atom is -0.497 e. The van der Waals surface area contributed by atoms with E-state index in [1.165, 1.54) is 0 Å². The molecule has 0 unspecified atom stereocenters. The summed E-state index contributed by atoms with van der Waals surface area (Å²) in [6.07, 6.45) is 3.52. The summed E-state index contributed by atoms with van der Waals surface area (Å²) in [4.78, 5) is 23.9. The molecule has 0 radical (unpaired) electrons. The van der Waals surface area contributed by atoms with Gasteiger partial charge < -0.3 is 9.64 Å². The molecule has 0 bridgehead atoms. The van der Waals surface area contributed by atoms with Gasteiger partial charge in [-0.3, -0.25) is 4.79 Å². The average Bonchev–Trinajstić information content (AvgIpc) is 2.67. The van der Waals surface area contributed by atoms with Crippen LogP contribution in [0, 0.1) is 5.92 Å². The van der Waals surface area contributed by atoms with Gasteiger partial charge >= 0.3 is 0 Å². The minimum absolute atomic E-state index is 0.0154. The lowest BCUT2D eigenvalue weighted by Crippen LogP contribution is -2.39. The topological polar surface area (TPSA) is 55.3 Å². The smallest absolute Gasteiger partial charge is 0.167 e. The zero-order valence-electron chi connectivity index (χ0n) is 15.1. The lowest BCUT2D eigenvalue weighted by atomic mass is 9.90.